The van der Waals surface area contributed by atoms with Crippen molar-refractivity contribution in [3.05, 3.63) is 26.8 Å². The van der Waals surface area contributed by atoms with Gasteiger partial charge in [-0.1, -0.05) is 11.6 Å². The maximum atomic E-state index is 13.4. The van der Waals surface area contributed by atoms with Gasteiger partial charge in [-0.15, -0.1) is 11.3 Å². The second-order valence-electron chi connectivity index (χ2n) is 10.8. The quantitative estimate of drug-likeness (QED) is 0.453. The van der Waals surface area contributed by atoms with Crippen molar-refractivity contribution in [2.75, 3.05) is 39.3 Å². The molecule has 0 spiro atoms. The van der Waals surface area contributed by atoms with Crippen molar-refractivity contribution in [2.24, 2.45) is 11.8 Å². The predicted molar refractivity (Wildman–Crippen MR) is 146 cm³/mol. The Morgan fingerprint density at radius 1 is 1.21 bits per heavy atom. The molecule has 13 heteroatoms. The number of hydrogen-bond acceptors (Lipinski definition) is 7. The van der Waals surface area contributed by atoms with Gasteiger partial charge in [-0.3, -0.25) is 19.3 Å². The van der Waals surface area contributed by atoms with Crippen LogP contribution in [-0.4, -0.2) is 98.2 Å². The number of hydrogen-bond donors (Lipinski definition) is 2. The van der Waals surface area contributed by atoms with Crippen molar-refractivity contribution >= 4 is 56.8 Å². The number of likely N-dealkylation sites (tertiary alicyclic amines) is 3. The molecule has 3 saturated heterocycles. The summed E-state index contributed by atoms with van der Waals surface area (Å²) in [6.45, 7) is 5.10. The minimum atomic E-state index is -3.85. The molecule has 3 aliphatic heterocycles. The number of sulfonamides is 1. The smallest absolute Gasteiger partial charge is 0.242 e. The van der Waals surface area contributed by atoms with E-state index in [1.165, 1.54) is 29.2 Å². The number of nitrogens with one attached hydrogen (secondary N) is 2. The zero-order valence-electron chi connectivity index (χ0n) is 21.3. The van der Waals surface area contributed by atoms with Gasteiger partial charge in [0.1, 0.15) is 6.04 Å². The van der Waals surface area contributed by atoms with Crippen molar-refractivity contribution in [2.45, 2.75) is 50.7 Å². The first-order valence-corrected chi connectivity index (χ1v) is 15.9. The molecule has 10 nitrogen and oxygen atoms in total. The van der Waals surface area contributed by atoms with Gasteiger partial charge in [0.05, 0.1) is 10.9 Å². The summed E-state index contributed by atoms with van der Waals surface area (Å²) in [4.78, 5) is 44.3. The Morgan fingerprint density at radius 2 is 2.03 bits per heavy atom. The van der Waals surface area contributed by atoms with Crippen LogP contribution in [0.1, 0.15) is 37.5 Å². The molecule has 0 aromatic carbocycles. The summed E-state index contributed by atoms with van der Waals surface area (Å²) in [6.07, 6.45) is 4.50. The molecule has 0 radical (unpaired) electrons. The van der Waals surface area contributed by atoms with E-state index in [4.69, 9.17) is 11.6 Å². The van der Waals surface area contributed by atoms with Crippen LogP contribution in [0, 0.1) is 11.8 Å². The topological polar surface area (TPSA) is 119 Å². The standard InChI is InChI=1S/C25H34ClN5O5S2/c1-16(32)27-18-6-9-29(13-18)14-22-20-11-17(20)12-31(22)24(33)15-30-8-2-3-21(25(30)34)28-38(35,36)10-7-19-4-5-23(26)37-19/h4-5,7,10,17-18,20-22,28H,2-3,6,8-9,11-15H2,1H3,(H,27,32)/b10-7+. The van der Waals surface area contributed by atoms with Crippen LogP contribution >= 0.6 is 22.9 Å². The zero-order valence-corrected chi connectivity index (χ0v) is 23.7. The average Bonchev–Trinajstić information content (AvgIpc) is 3.12. The molecule has 4 heterocycles. The van der Waals surface area contributed by atoms with Crippen LogP contribution in [0.4, 0.5) is 0 Å². The molecule has 4 fully saturated rings. The molecule has 2 N–H and O–H groups in total. The van der Waals surface area contributed by atoms with Gasteiger partial charge in [0.2, 0.25) is 27.7 Å². The van der Waals surface area contributed by atoms with Gasteiger partial charge in [-0.25, -0.2) is 8.42 Å². The Labute approximate surface area is 232 Å². The molecule has 0 bridgehead atoms. The number of amides is 3. The van der Waals surface area contributed by atoms with Crippen molar-refractivity contribution in [1.29, 1.82) is 0 Å². The monoisotopic (exact) mass is 583 g/mol. The minimum absolute atomic E-state index is 0.0213. The molecule has 4 aliphatic rings. The lowest BCUT2D eigenvalue weighted by molar-refractivity contribution is -0.144. The molecule has 5 unspecified atom stereocenters. The Balaban J connectivity index is 1.16. The van der Waals surface area contributed by atoms with E-state index in [9.17, 15) is 22.8 Å². The lowest BCUT2D eigenvalue weighted by atomic mass is 10.1. The highest BCUT2D eigenvalue weighted by atomic mass is 35.5. The van der Waals surface area contributed by atoms with Gasteiger partial charge in [-0.2, -0.15) is 4.72 Å². The number of rotatable bonds is 9. The van der Waals surface area contributed by atoms with Gasteiger partial charge >= 0.3 is 0 Å². The van der Waals surface area contributed by atoms with Crippen molar-refractivity contribution in [3.63, 3.8) is 0 Å². The molecule has 1 aromatic heterocycles. The second kappa shape index (κ2) is 11.2. The van der Waals surface area contributed by atoms with Crippen LogP contribution < -0.4 is 10.0 Å². The summed E-state index contributed by atoms with van der Waals surface area (Å²) >= 11 is 7.15. The molecule has 208 valence electrons. The lowest BCUT2D eigenvalue weighted by Gasteiger charge is -2.35. The SMILES string of the molecule is CC(=O)NC1CCN(CC2C3CC3CN2C(=O)CN2CCCC(NS(=O)(=O)/C=C/c3ccc(Cl)s3)C2=O)C1. The first-order chi connectivity index (χ1) is 18.1. The molecular weight excluding hydrogens is 550 g/mol. The Morgan fingerprint density at radius 3 is 2.76 bits per heavy atom. The van der Waals surface area contributed by atoms with Crippen LogP contribution in [-0.2, 0) is 24.4 Å². The van der Waals surface area contributed by atoms with Gasteiger partial charge < -0.3 is 15.1 Å². The van der Waals surface area contributed by atoms with E-state index < -0.39 is 16.1 Å². The van der Waals surface area contributed by atoms with E-state index in [1.807, 2.05) is 4.90 Å². The number of carbonyl (C=O) groups excluding carboxylic acids is 3. The molecule has 1 aliphatic carbocycles. The molecule has 5 atom stereocenters. The summed E-state index contributed by atoms with van der Waals surface area (Å²) in [7, 11) is -3.85. The van der Waals surface area contributed by atoms with E-state index >= 15 is 0 Å². The fourth-order valence-electron chi connectivity index (χ4n) is 6.03. The van der Waals surface area contributed by atoms with Crippen LogP contribution in [0.3, 0.4) is 0 Å². The highest BCUT2D eigenvalue weighted by Crippen LogP contribution is 2.49. The number of piperidine rings is 2. The van der Waals surface area contributed by atoms with Gasteiger partial charge in [0.15, 0.2) is 0 Å². The fraction of sp³-hybridized carbons (Fsp3) is 0.640. The van der Waals surface area contributed by atoms with Crippen molar-refractivity contribution < 1.29 is 22.8 Å². The predicted octanol–water partition coefficient (Wildman–Crippen LogP) is 1.34. The molecule has 3 amide bonds. The molecule has 1 aromatic rings. The van der Waals surface area contributed by atoms with Crippen LogP contribution in [0.5, 0.6) is 0 Å². The third-order valence-corrected chi connectivity index (χ3v) is 10.2. The minimum Gasteiger partial charge on any atom is -0.352 e. The maximum absolute atomic E-state index is 13.4. The number of carbonyl (C=O) groups is 3. The number of thiophene rings is 1. The molecule has 5 rings (SSSR count). The van der Waals surface area contributed by atoms with Gasteiger partial charge in [-0.05, 0) is 55.7 Å². The first-order valence-electron chi connectivity index (χ1n) is 13.1. The highest BCUT2D eigenvalue weighted by Gasteiger charge is 2.54. The summed E-state index contributed by atoms with van der Waals surface area (Å²) < 4.78 is 28.2. The van der Waals surface area contributed by atoms with E-state index in [0.717, 1.165) is 37.9 Å². The van der Waals surface area contributed by atoms with Crippen molar-refractivity contribution in [1.82, 2.24) is 24.7 Å². The van der Waals surface area contributed by atoms with E-state index in [2.05, 4.69) is 14.9 Å². The fourth-order valence-corrected chi connectivity index (χ4v) is 8.10. The zero-order chi connectivity index (χ0) is 27.0. The van der Waals surface area contributed by atoms with Crippen molar-refractivity contribution in [3.8, 4) is 0 Å². The lowest BCUT2D eigenvalue weighted by Crippen LogP contribution is -2.55. The summed E-state index contributed by atoms with van der Waals surface area (Å²) in [5.41, 5.74) is 0. The number of halogens is 1. The van der Waals surface area contributed by atoms with Crippen LogP contribution in [0.2, 0.25) is 4.34 Å². The second-order valence-corrected chi connectivity index (χ2v) is 14.1. The Kier molecular flexibility index (Phi) is 8.16. The Hall–Kier alpha value is -1.99. The Bertz CT molecular complexity index is 1220. The average molecular weight is 584 g/mol. The maximum Gasteiger partial charge on any atom is 0.242 e. The van der Waals surface area contributed by atoms with Crippen LogP contribution in [0.15, 0.2) is 17.5 Å². The summed E-state index contributed by atoms with van der Waals surface area (Å²) in [6, 6.07) is 2.79. The third kappa shape index (κ3) is 6.59. The summed E-state index contributed by atoms with van der Waals surface area (Å²) in [5.74, 6) is 0.567. The number of nitrogens with zero attached hydrogens (tertiary/aromatic N) is 3. The van der Waals surface area contributed by atoms with Gasteiger partial charge in [0.25, 0.3) is 0 Å². The van der Waals surface area contributed by atoms with E-state index in [1.54, 1.807) is 12.1 Å². The first kappa shape index (κ1) is 27.6. The largest absolute Gasteiger partial charge is 0.352 e. The normalized spacial score (nSPS) is 29.7. The molecule has 38 heavy (non-hydrogen) atoms. The summed E-state index contributed by atoms with van der Waals surface area (Å²) in [5, 5.41) is 4.03. The third-order valence-electron chi connectivity index (χ3n) is 7.92. The highest BCUT2D eigenvalue weighted by molar-refractivity contribution is 7.92. The van der Waals surface area contributed by atoms with Crippen LogP contribution in [0.25, 0.3) is 6.08 Å². The van der Waals surface area contributed by atoms with E-state index in [0.29, 0.717) is 47.0 Å². The van der Waals surface area contributed by atoms with Gasteiger partial charge in [0, 0.05) is 62.0 Å². The number of fused-ring (bicyclic) bond motifs is 1. The molecule has 1 saturated carbocycles. The van der Waals surface area contributed by atoms with E-state index in [-0.39, 0.29) is 36.3 Å². The molecular formula is C25H34ClN5O5S2.